The summed E-state index contributed by atoms with van der Waals surface area (Å²) in [5.41, 5.74) is 3.17. The summed E-state index contributed by atoms with van der Waals surface area (Å²) in [6.45, 7) is 10.6. The summed E-state index contributed by atoms with van der Waals surface area (Å²) < 4.78 is 5.61. The summed E-state index contributed by atoms with van der Waals surface area (Å²) >= 11 is 0. The SMILES string of the molecule is CCCCCCCCCCC(OC(=O)C(=NO)C1=NCC(CCC)(CCC)c2c(C)cccc21)C(C)=O. The molecule has 0 aliphatic carbocycles. The van der Waals surface area contributed by atoms with Crippen molar-refractivity contribution in [3.63, 3.8) is 0 Å². The lowest BCUT2D eigenvalue weighted by molar-refractivity contribution is -0.148. The van der Waals surface area contributed by atoms with E-state index in [9.17, 15) is 14.8 Å². The second kappa shape index (κ2) is 15.7. The summed E-state index contributed by atoms with van der Waals surface area (Å²) in [5.74, 6) is -0.993. The Balaban J connectivity index is 2.15. The van der Waals surface area contributed by atoms with E-state index in [1.165, 1.54) is 44.6 Å². The number of carbonyl (C=O) groups excluding carboxylic acids is 2. The van der Waals surface area contributed by atoms with Crippen molar-refractivity contribution in [1.82, 2.24) is 0 Å². The summed E-state index contributed by atoms with van der Waals surface area (Å²) in [6, 6.07) is 5.98. The number of Topliss-reactive ketones (excluding diaryl/α,β-unsaturated/α-hetero) is 1. The van der Waals surface area contributed by atoms with Crippen molar-refractivity contribution < 1.29 is 19.5 Å². The zero-order valence-corrected chi connectivity index (χ0v) is 23.8. The maximum atomic E-state index is 13.2. The number of aliphatic imine (C=N–C) groups is 1. The fourth-order valence-electron chi connectivity index (χ4n) is 5.83. The van der Waals surface area contributed by atoms with Gasteiger partial charge in [0, 0.05) is 17.5 Å². The maximum absolute atomic E-state index is 13.2. The topological polar surface area (TPSA) is 88.3 Å². The molecule has 1 aromatic carbocycles. The minimum Gasteiger partial charge on any atom is -0.450 e. The predicted octanol–water partition coefficient (Wildman–Crippen LogP) is 7.50. The Hall–Kier alpha value is -2.50. The van der Waals surface area contributed by atoms with Gasteiger partial charge >= 0.3 is 5.97 Å². The lowest BCUT2D eigenvalue weighted by Gasteiger charge is -2.39. The number of fused-ring (bicyclic) bond motifs is 1. The molecule has 0 spiro atoms. The van der Waals surface area contributed by atoms with Crippen molar-refractivity contribution in [2.24, 2.45) is 10.1 Å². The summed E-state index contributed by atoms with van der Waals surface area (Å²) in [5, 5.41) is 13.2. The van der Waals surface area contributed by atoms with Gasteiger partial charge in [-0.3, -0.25) is 9.79 Å². The average Bonchev–Trinajstić information content (AvgIpc) is 2.87. The molecule has 6 heteroatoms. The summed E-state index contributed by atoms with van der Waals surface area (Å²) in [7, 11) is 0. The molecule has 1 heterocycles. The van der Waals surface area contributed by atoms with Gasteiger partial charge in [0.25, 0.3) is 0 Å². The molecule has 2 rings (SSSR count). The van der Waals surface area contributed by atoms with Crippen LogP contribution in [0.2, 0.25) is 0 Å². The first-order valence-corrected chi connectivity index (χ1v) is 14.4. The van der Waals surface area contributed by atoms with Crippen LogP contribution in [0.3, 0.4) is 0 Å². The molecule has 0 radical (unpaired) electrons. The van der Waals surface area contributed by atoms with Crippen LogP contribution in [0, 0.1) is 6.92 Å². The molecule has 0 aromatic heterocycles. The fourth-order valence-corrected chi connectivity index (χ4v) is 5.83. The molecule has 0 bridgehead atoms. The lowest BCUT2D eigenvalue weighted by Crippen LogP contribution is -2.41. The van der Waals surface area contributed by atoms with E-state index >= 15 is 0 Å². The smallest absolute Gasteiger partial charge is 0.363 e. The van der Waals surface area contributed by atoms with Crippen molar-refractivity contribution in [1.29, 1.82) is 0 Å². The molecule has 1 aliphatic rings. The van der Waals surface area contributed by atoms with Crippen molar-refractivity contribution in [2.45, 2.75) is 130 Å². The Morgan fingerprint density at radius 1 is 1.00 bits per heavy atom. The molecular weight excluding hydrogens is 464 g/mol. The van der Waals surface area contributed by atoms with E-state index in [4.69, 9.17) is 9.73 Å². The Morgan fingerprint density at radius 2 is 1.62 bits per heavy atom. The zero-order valence-electron chi connectivity index (χ0n) is 23.8. The highest BCUT2D eigenvalue weighted by atomic mass is 16.6. The molecule has 6 nitrogen and oxygen atoms in total. The minimum absolute atomic E-state index is 0.101. The number of benzene rings is 1. The first-order valence-electron chi connectivity index (χ1n) is 14.4. The van der Waals surface area contributed by atoms with Crippen LogP contribution in [0.4, 0.5) is 0 Å². The Morgan fingerprint density at radius 3 is 2.19 bits per heavy atom. The largest absolute Gasteiger partial charge is 0.450 e. The summed E-state index contributed by atoms with van der Waals surface area (Å²) in [4.78, 5) is 30.3. The van der Waals surface area contributed by atoms with Gasteiger partial charge in [-0.15, -0.1) is 0 Å². The van der Waals surface area contributed by atoms with Gasteiger partial charge in [-0.05, 0) is 50.7 Å². The molecule has 1 unspecified atom stereocenters. The Labute approximate surface area is 224 Å². The van der Waals surface area contributed by atoms with Crippen LogP contribution in [0.15, 0.2) is 28.3 Å². The van der Waals surface area contributed by atoms with E-state index in [0.29, 0.717) is 18.7 Å². The van der Waals surface area contributed by atoms with Gasteiger partial charge in [-0.2, -0.15) is 0 Å². The second-order valence-corrected chi connectivity index (χ2v) is 10.7. The molecule has 206 valence electrons. The van der Waals surface area contributed by atoms with Gasteiger partial charge in [-0.1, -0.05) is 102 Å². The predicted molar refractivity (Wildman–Crippen MR) is 151 cm³/mol. The van der Waals surface area contributed by atoms with E-state index in [-0.39, 0.29) is 16.9 Å². The van der Waals surface area contributed by atoms with Crippen LogP contribution in [-0.2, 0) is 19.7 Å². The van der Waals surface area contributed by atoms with Crippen molar-refractivity contribution in [3.05, 3.63) is 34.9 Å². The number of hydrogen-bond donors (Lipinski definition) is 1. The molecule has 1 atom stereocenters. The normalized spacial score (nSPS) is 15.6. The van der Waals surface area contributed by atoms with E-state index in [2.05, 4.69) is 38.9 Å². The highest BCUT2D eigenvalue weighted by molar-refractivity contribution is 6.69. The van der Waals surface area contributed by atoms with E-state index in [1.54, 1.807) is 0 Å². The van der Waals surface area contributed by atoms with Crippen LogP contribution >= 0.6 is 0 Å². The zero-order chi connectivity index (χ0) is 27.3. The number of aryl methyl sites for hydroxylation is 1. The number of esters is 1. The van der Waals surface area contributed by atoms with Crippen LogP contribution in [0.5, 0.6) is 0 Å². The molecule has 0 amide bonds. The van der Waals surface area contributed by atoms with Gasteiger partial charge in [-0.25, -0.2) is 4.79 Å². The molecular formula is C31H48N2O4. The molecule has 1 aliphatic heterocycles. The number of carbonyl (C=O) groups is 2. The molecule has 0 fully saturated rings. The number of ether oxygens (including phenoxy) is 1. The number of nitrogens with zero attached hydrogens (tertiary/aromatic N) is 2. The van der Waals surface area contributed by atoms with Crippen LogP contribution in [0.1, 0.15) is 128 Å². The third-order valence-corrected chi connectivity index (χ3v) is 7.60. The van der Waals surface area contributed by atoms with Gasteiger partial charge < -0.3 is 9.94 Å². The van der Waals surface area contributed by atoms with Crippen LogP contribution in [0.25, 0.3) is 0 Å². The highest BCUT2D eigenvalue weighted by Crippen LogP contribution is 2.41. The number of hydrogen-bond acceptors (Lipinski definition) is 6. The molecule has 37 heavy (non-hydrogen) atoms. The maximum Gasteiger partial charge on any atom is 0.363 e. The third kappa shape index (κ3) is 8.24. The first kappa shape index (κ1) is 30.7. The molecule has 0 saturated heterocycles. The summed E-state index contributed by atoms with van der Waals surface area (Å²) in [6.07, 6.45) is 12.9. The van der Waals surface area contributed by atoms with Crippen LogP contribution in [-0.4, -0.2) is 41.0 Å². The Bertz CT molecular complexity index is 945. The number of unbranched alkanes of at least 4 members (excludes halogenated alkanes) is 7. The minimum atomic E-state index is -0.843. The van der Waals surface area contributed by atoms with Crippen molar-refractivity contribution >= 4 is 23.2 Å². The highest BCUT2D eigenvalue weighted by Gasteiger charge is 2.40. The standard InChI is InChI=1S/C31H48N2O4/c1-6-9-10-11-12-13-14-15-19-26(24(5)34)37-30(35)29(33-36)28-25-18-16-17-23(4)27(25)31(20-7-2,21-8-3)22-32-28/h16-18,26,36H,6-15,19-22H2,1-5H3. The van der Waals surface area contributed by atoms with Crippen molar-refractivity contribution in [2.75, 3.05) is 6.54 Å². The van der Waals surface area contributed by atoms with Crippen LogP contribution < -0.4 is 0 Å². The van der Waals surface area contributed by atoms with Gasteiger partial charge in [0.1, 0.15) is 5.71 Å². The van der Waals surface area contributed by atoms with Crippen molar-refractivity contribution in [3.8, 4) is 0 Å². The molecule has 0 saturated carbocycles. The number of oxime groups is 1. The van der Waals surface area contributed by atoms with Gasteiger partial charge in [0.05, 0.1) is 0 Å². The van der Waals surface area contributed by atoms with E-state index in [1.807, 2.05) is 12.1 Å². The fraction of sp³-hybridized carbons (Fsp3) is 0.677. The second-order valence-electron chi connectivity index (χ2n) is 10.7. The Kier molecular flexibility index (Phi) is 13.0. The monoisotopic (exact) mass is 512 g/mol. The quantitative estimate of drug-likeness (QED) is 0.0769. The first-order chi connectivity index (χ1) is 17.8. The number of rotatable bonds is 17. The van der Waals surface area contributed by atoms with E-state index < -0.39 is 12.1 Å². The average molecular weight is 513 g/mol. The van der Waals surface area contributed by atoms with E-state index in [0.717, 1.165) is 56.1 Å². The lowest BCUT2D eigenvalue weighted by atomic mass is 9.68. The molecule has 1 aromatic rings. The molecule has 1 N–H and O–H groups in total. The van der Waals surface area contributed by atoms with Gasteiger partial charge in [0.2, 0.25) is 5.71 Å². The third-order valence-electron chi connectivity index (χ3n) is 7.60. The van der Waals surface area contributed by atoms with Gasteiger partial charge in [0.15, 0.2) is 11.9 Å². The number of ketones is 1.